The lowest BCUT2D eigenvalue weighted by Crippen LogP contribution is -2.59. The molecule has 12 aromatic rings. The van der Waals surface area contributed by atoms with Gasteiger partial charge < -0.3 is 18.8 Å². The van der Waals surface area contributed by atoms with E-state index < -0.39 is 0 Å². The summed E-state index contributed by atoms with van der Waals surface area (Å²) in [6.45, 7) is 9.19. The zero-order valence-electron chi connectivity index (χ0n) is 42.4. The van der Waals surface area contributed by atoms with E-state index in [0.717, 1.165) is 53.5 Å². The molecule has 74 heavy (non-hydrogen) atoms. The SMILES string of the molecule is CCCCCc1cc2c3c(c1)N(c1c(-c4ccccc4)cc(C(C)(C)C)cc1-c1ccccc1)c1cc(-n4c5ccccc5c5ccccc54)ccc1B3c1ccc(-n3c4ccccc4c4ccccc43)cc1O2. The predicted molar refractivity (Wildman–Crippen MR) is 314 cm³/mol. The predicted octanol–water partition coefficient (Wildman–Crippen LogP) is 16.7. The number of aryl methyl sites for hydroxylation is 1. The second-order valence-electron chi connectivity index (χ2n) is 21.5. The number of ether oxygens (including phenoxy) is 1. The molecule has 356 valence electrons. The molecule has 0 saturated carbocycles. The number of hydrogen-bond donors (Lipinski definition) is 0. The van der Waals surface area contributed by atoms with Gasteiger partial charge in [-0.1, -0.05) is 186 Å². The van der Waals surface area contributed by atoms with E-state index in [9.17, 15) is 0 Å². The average molecular weight is 954 g/mol. The van der Waals surface area contributed by atoms with Crippen molar-refractivity contribution in [2.75, 3.05) is 4.90 Å². The van der Waals surface area contributed by atoms with Crippen molar-refractivity contribution in [1.82, 2.24) is 9.13 Å². The van der Waals surface area contributed by atoms with E-state index in [2.05, 4.69) is 260 Å². The fraction of sp³-hybridized carbons (Fsp3) is 0.130. The fourth-order valence-corrected chi connectivity index (χ4v) is 12.4. The number of benzene rings is 10. The van der Waals surface area contributed by atoms with Gasteiger partial charge in [0.15, 0.2) is 0 Å². The van der Waals surface area contributed by atoms with E-state index in [-0.39, 0.29) is 12.1 Å². The van der Waals surface area contributed by atoms with Gasteiger partial charge in [-0.05, 0) is 124 Å². The highest BCUT2D eigenvalue weighted by Crippen LogP contribution is 2.51. The van der Waals surface area contributed by atoms with Gasteiger partial charge in [-0.25, -0.2) is 0 Å². The van der Waals surface area contributed by atoms with Crippen molar-refractivity contribution in [1.29, 1.82) is 0 Å². The minimum absolute atomic E-state index is 0.103. The lowest BCUT2D eigenvalue weighted by molar-refractivity contribution is 0.486. The quantitative estimate of drug-likeness (QED) is 0.106. The number of unbranched alkanes of at least 4 members (excludes halogenated alkanes) is 2. The van der Waals surface area contributed by atoms with Crippen LogP contribution in [0.4, 0.5) is 17.1 Å². The first kappa shape index (κ1) is 44.2. The standard InChI is InChI=1S/C69H56BN3O/c1-5-6-9-22-45-39-64-67-66(40-45)74-65-44-50(72-61-33-20-16-29-53(61)54-30-17-21-34-62(54)72)36-38-58(65)70(67)57-37-35-49(71-59-31-18-14-27-51(59)52-28-15-19-32-60(52)71)43-63(57)73(64)68-55(46-23-10-7-11-24-46)41-48(69(2,3)4)42-56(68)47-25-12-8-13-26-47/h7-8,10-21,23-44H,5-6,9,22H2,1-4H3. The third kappa shape index (κ3) is 6.97. The maximum atomic E-state index is 7.46. The Balaban J connectivity index is 1.09. The van der Waals surface area contributed by atoms with Gasteiger partial charge in [0, 0.05) is 61.5 Å². The Morgan fingerprint density at radius 2 is 0.932 bits per heavy atom. The molecule has 0 unspecified atom stereocenters. The molecular weight excluding hydrogens is 898 g/mol. The highest BCUT2D eigenvalue weighted by atomic mass is 16.5. The molecule has 5 heteroatoms. The molecule has 0 saturated heterocycles. The Bertz CT molecular complexity index is 4010. The van der Waals surface area contributed by atoms with Crippen molar-refractivity contribution >= 4 is 83.8 Å². The summed E-state index contributed by atoms with van der Waals surface area (Å²) in [6, 6.07) is 81.4. The van der Waals surface area contributed by atoms with E-state index in [4.69, 9.17) is 4.74 Å². The van der Waals surface area contributed by atoms with Crippen molar-refractivity contribution in [3.05, 3.63) is 230 Å². The van der Waals surface area contributed by atoms with E-state index in [0.29, 0.717) is 0 Å². The van der Waals surface area contributed by atoms with E-state index in [1.807, 2.05) is 0 Å². The number of para-hydroxylation sites is 4. The number of aromatic nitrogens is 2. The molecule has 0 radical (unpaired) electrons. The highest BCUT2D eigenvalue weighted by Gasteiger charge is 2.44. The monoisotopic (exact) mass is 953 g/mol. The Labute approximate surface area is 433 Å². The zero-order chi connectivity index (χ0) is 49.7. The number of fused-ring (bicyclic) bond motifs is 10. The number of rotatable bonds is 9. The summed E-state index contributed by atoms with van der Waals surface area (Å²) in [7, 11) is 0. The van der Waals surface area contributed by atoms with Gasteiger partial charge in [-0.15, -0.1) is 0 Å². The van der Waals surface area contributed by atoms with Gasteiger partial charge >= 0.3 is 0 Å². The first-order chi connectivity index (χ1) is 36.3. The van der Waals surface area contributed by atoms with E-state index in [1.165, 1.54) is 105 Å². The van der Waals surface area contributed by atoms with Gasteiger partial charge in [0.2, 0.25) is 0 Å². The third-order valence-electron chi connectivity index (χ3n) is 15.9. The van der Waals surface area contributed by atoms with Crippen LogP contribution in [0.5, 0.6) is 11.5 Å². The summed E-state index contributed by atoms with van der Waals surface area (Å²) in [6.07, 6.45) is 4.38. The van der Waals surface area contributed by atoms with Crippen molar-refractivity contribution < 1.29 is 4.74 Å². The van der Waals surface area contributed by atoms with Crippen molar-refractivity contribution in [2.45, 2.75) is 58.8 Å². The third-order valence-corrected chi connectivity index (χ3v) is 15.9. The fourth-order valence-electron chi connectivity index (χ4n) is 12.4. The van der Waals surface area contributed by atoms with Crippen molar-refractivity contribution in [3.63, 3.8) is 0 Å². The Hall–Kier alpha value is -8.54. The molecule has 0 aliphatic carbocycles. The molecule has 0 atom stereocenters. The molecule has 4 nitrogen and oxygen atoms in total. The minimum Gasteiger partial charge on any atom is -0.458 e. The highest BCUT2D eigenvalue weighted by molar-refractivity contribution is 6.99. The summed E-state index contributed by atoms with van der Waals surface area (Å²) >= 11 is 0. The number of hydrogen-bond acceptors (Lipinski definition) is 2. The summed E-state index contributed by atoms with van der Waals surface area (Å²) in [5, 5.41) is 4.98. The summed E-state index contributed by atoms with van der Waals surface area (Å²) in [5.74, 6) is 1.83. The van der Waals surface area contributed by atoms with Crippen LogP contribution in [-0.2, 0) is 11.8 Å². The Morgan fingerprint density at radius 3 is 1.45 bits per heavy atom. The van der Waals surface area contributed by atoms with Crippen LogP contribution in [0, 0.1) is 0 Å². The molecule has 0 spiro atoms. The average Bonchev–Trinajstić information content (AvgIpc) is 3.97. The van der Waals surface area contributed by atoms with Crippen LogP contribution >= 0.6 is 0 Å². The molecule has 0 amide bonds. The summed E-state index contributed by atoms with van der Waals surface area (Å²) in [5.41, 5.74) is 21.3. The van der Waals surface area contributed by atoms with Gasteiger partial charge in [-0.2, -0.15) is 0 Å². The zero-order valence-corrected chi connectivity index (χ0v) is 42.4. The van der Waals surface area contributed by atoms with Crippen molar-refractivity contribution in [2.24, 2.45) is 0 Å². The topological polar surface area (TPSA) is 22.3 Å². The van der Waals surface area contributed by atoms with Gasteiger partial charge in [0.05, 0.1) is 27.8 Å². The summed E-state index contributed by atoms with van der Waals surface area (Å²) < 4.78 is 12.3. The molecule has 0 N–H and O–H groups in total. The van der Waals surface area contributed by atoms with Crippen LogP contribution in [-0.4, -0.2) is 15.8 Å². The normalized spacial score (nSPS) is 12.9. The lowest BCUT2D eigenvalue weighted by atomic mass is 9.34. The summed E-state index contributed by atoms with van der Waals surface area (Å²) in [4.78, 5) is 2.64. The maximum Gasteiger partial charge on any atom is 0.256 e. The van der Waals surface area contributed by atoms with Crippen LogP contribution in [0.3, 0.4) is 0 Å². The first-order valence-corrected chi connectivity index (χ1v) is 26.5. The van der Waals surface area contributed by atoms with Crippen LogP contribution in [0.1, 0.15) is 58.1 Å². The van der Waals surface area contributed by atoms with Crippen molar-refractivity contribution in [3.8, 4) is 45.1 Å². The van der Waals surface area contributed by atoms with Crippen LogP contribution in [0.25, 0.3) is 77.2 Å². The first-order valence-electron chi connectivity index (χ1n) is 26.5. The Kier molecular flexibility index (Phi) is 10.3. The van der Waals surface area contributed by atoms with Gasteiger partial charge in [0.1, 0.15) is 11.5 Å². The molecule has 4 heterocycles. The second kappa shape index (κ2) is 17.3. The van der Waals surface area contributed by atoms with Crippen LogP contribution < -0.4 is 26.0 Å². The molecule has 0 fully saturated rings. The smallest absolute Gasteiger partial charge is 0.256 e. The Morgan fingerprint density at radius 1 is 0.446 bits per heavy atom. The largest absolute Gasteiger partial charge is 0.458 e. The van der Waals surface area contributed by atoms with Gasteiger partial charge in [-0.3, -0.25) is 0 Å². The lowest BCUT2D eigenvalue weighted by Gasteiger charge is -2.42. The van der Waals surface area contributed by atoms with E-state index >= 15 is 0 Å². The molecule has 2 aromatic heterocycles. The minimum atomic E-state index is -0.117. The maximum absolute atomic E-state index is 7.46. The number of anilines is 3. The molecule has 0 bridgehead atoms. The molecule has 14 rings (SSSR count). The second-order valence-corrected chi connectivity index (χ2v) is 21.5. The van der Waals surface area contributed by atoms with Gasteiger partial charge in [0.25, 0.3) is 6.71 Å². The molecule has 2 aliphatic rings. The van der Waals surface area contributed by atoms with E-state index in [1.54, 1.807) is 0 Å². The molecular formula is C69H56BN3O. The van der Waals surface area contributed by atoms with Crippen LogP contribution in [0.2, 0.25) is 0 Å². The molecule has 10 aromatic carbocycles. The number of nitrogens with zero attached hydrogens (tertiary/aromatic N) is 3. The van der Waals surface area contributed by atoms with Crippen LogP contribution in [0.15, 0.2) is 218 Å². The molecule has 2 aliphatic heterocycles.